The highest BCUT2D eigenvalue weighted by atomic mass is 16.4. The van der Waals surface area contributed by atoms with E-state index in [1.165, 1.54) is 6.07 Å². The second kappa shape index (κ2) is 5.91. The lowest BCUT2D eigenvalue weighted by Crippen LogP contribution is -2.43. The largest absolute Gasteiger partial charge is 0.478 e. The van der Waals surface area contributed by atoms with E-state index >= 15 is 0 Å². The van der Waals surface area contributed by atoms with E-state index in [2.05, 4.69) is 6.92 Å². The predicted octanol–water partition coefficient (Wildman–Crippen LogP) is 2.77. The van der Waals surface area contributed by atoms with Crippen molar-refractivity contribution in [1.29, 1.82) is 0 Å². The van der Waals surface area contributed by atoms with E-state index in [1.807, 2.05) is 4.90 Å². The zero-order valence-corrected chi connectivity index (χ0v) is 11.1. The highest BCUT2D eigenvalue weighted by molar-refractivity contribution is 5.95. The Morgan fingerprint density at radius 3 is 2.89 bits per heavy atom. The molecule has 1 saturated heterocycles. The summed E-state index contributed by atoms with van der Waals surface area (Å²) >= 11 is 0. The SMILES string of the molecule is CCCC1CCCCN1C(=O)c1cc(C(=O)O)co1. The van der Waals surface area contributed by atoms with Gasteiger partial charge < -0.3 is 14.4 Å². The van der Waals surface area contributed by atoms with E-state index in [9.17, 15) is 9.59 Å². The second-order valence-corrected chi connectivity index (χ2v) is 4.94. The van der Waals surface area contributed by atoms with Crippen molar-refractivity contribution in [3.05, 3.63) is 23.7 Å². The molecule has 1 aliphatic rings. The van der Waals surface area contributed by atoms with Gasteiger partial charge in [-0.25, -0.2) is 4.79 Å². The summed E-state index contributed by atoms with van der Waals surface area (Å²) in [5.41, 5.74) is 0.0207. The molecule has 1 fully saturated rings. The molecule has 1 aromatic heterocycles. The van der Waals surface area contributed by atoms with E-state index in [1.54, 1.807) is 0 Å². The molecule has 5 nitrogen and oxygen atoms in total. The number of amides is 1. The number of nitrogens with zero attached hydrogens (tertiary/aromatic N) is 1. The Morgan fingerprint density at radius 1 is 1.47 bits per heavy atom. The van der Waals surface area contributed by atoms with Crippen molar-refractivity contribution >= 4 is 11.9 Å². The topological polar surface area (TPSA) is 70.8 Å². The number of likely N-dealkylation sites (tertiary alicyclic amines) is 1. The molecule has 0 radical (unpaired) electrons. The minimum atomic E-state index is -1.08. The quantitative estimate of drug-likeness (QED) is 0.908. The Morgan fingerprint density at radius 2 is 2.26 bits per heavy atom. The first-order chi connectivity index (χ1) is 9.13. The van der Waals surface area contributed by atoms with Crippen LogP contribution < -0.4 is 0 Å². The molecule has 1 aliphatic heterocycles. The zero-order valence-electron chi connectivity index (χ0n) is 11.1. The van der Waals surface area contributed by atoms with Crippen LogP contribution in [0.25, 0.3) is 0 Å². The lowest BCUT2D eigenvalue weighted by atomic mass is 9.98. The van der Waals surface area contributed by atoms with Crippen LogP contribution in [0.15, 0.2) is 16.7 Å². The normalized spacial score (nSPS) is 19.4. The summed E-state index contributed by atoms with van der Waals surface area (Å²) in [5, 5.41) is 8.84. The highest BCUT2D eigenvalue weighted by Crippen LogP contribution is 2.23. The first-order valence-corrected chi connectivity index (χ1v) is 6.76. The Balaban J connectivity index is 2.13. The molecule has 0 spiro atoms. The number of piperidine rings is 1. The van der Waals surface area contributed by atoms with Gasteiger partial charge in [0.15, 0.2) is 5.76 Å². The summed E-state index contributed by atoms with van der Waals surface area (Å²) in [7, 11) is 0. The summed E-state index contributed by atoms with van der Waals surface area (Å²) in [5.74, 6) is -1.14. The second-order valence-electron chi connectivity index (χ2n) is 4.94. The fourth-order valence-electron chi connectivity index (χ4n) is 2.60. The van der Waals surface area contributed by atoms with Gasteiger partial charge in [-0.2, -0.15) is 0 Å². The molecule has 5 heteroatoms. The molecule has 104 valence electrons. The van der Waals surface area contributed by atoms with Gasteiger partial charge in [0.05, 0.1) is 5.56 Å². The molecule has 0 aromatic carbocycles. The van der Waals surface area contributed by atoms with Crippen molar-refractivity contribution in [2.24, 2.45) is 0 Å². The van der Waals surface area contributed by atoms with Crippen LogP contribution in [0.3, 0.4) is 0 Å². The van der Waals surface area contributed by atoms with Crippen LogP contribution in [-0.4, -0.2) is 34.5 Å². The van der Waals surface area contributed by atoms with Crippen LogP contribution in [0.4, 0.5) is 0 Å². The number of rotatable bonds is 4. The van der Waals surface area contributed by atoms with Crippen molar-refractivity contribution in [1.82, 2.24) is 4.90 Å². The molecular formula is C14H19NO4. The molecule has 1 N–H and O–H groups in total. The van der Waals surface area contributed by atoms with Crippen LogP contribution in [0.2, 0.25) is 0 Å². The number of carboxylic acid groups (broad SMARTS) is 1. The maximum atomic E-state index is 12.4. The van der Waals surface area contributed by atoms with Gasteiger partial charge in [0.25, 0.3) is 5.91 Å². The summed E-state index contributed by atoms with van der Waals surface area (Å²) in [6.45, 7) is 2.83. The number of hydrogen-bond acceptors (Lipinski definition) is 3. The van der Waals surface area contributed by atoms with E-state index in [0.29, 0.717) is 0 Å². The molecule has 0 bridgehead atoms. The van der Waals surface area contributed by atoms with Crippen LogP contribution in [-0.2, 0) is 0 Å². The first-order valence-electron chi connectivity index (χ1n) is 6.76. The maximum Gasteiger partial charge on any atom is 0.338 e. The Kier molecular flexibility index (Phi) is 4.24. The molecule has 19 heavy (non-hydrogen) atoms. The number of aromatic carboxylic acids is 1. The number of carbonyl (C=O) groups is 2. The van der Waals surface area contributed by atoms with Crippen molar-refractivity contribution in [3.8, 4) is 0 Å². The van der Waals surface area contributed by atoms with Crippen molar-refractivity contribution in [3.63, 3.8) is 0 Å². The third kappa shape index (κ3) is 2.97. The third-order valence-corrected chi connectivity index (χ3v) is 3.57. The van der Waals surface area contributed by atoms with Crippen LogP contribution >= 0.6 is 0 Å². The van der Waals surface area contributed by atoms with E-state index in [-0.39, 0.29) is 23.3 Å². The van der Waals surface area contributed by atoms with Gasteiger partial charge in [-0.3, -0.25) is 4.79 Å². The lowest BCUT2D eigenvalue weighted by molar-refractivity contribution is 0.0567. The van der Waals surface area contributed by atoms with Gasteiger partial charge in [0, 0.05) is 18.7 Å². The number of carboxylic acids is 1. The minimum absolute atomic E-state index is 0.0207. The smallest absolute Gasteiger partial charge is 0.338 e. The number of furan rings is 1. The predicted molar refractivity (Wildman–Crippen MR) is 69.3 cm³/mol. The Hall–Kier alpha value is -1.78. The average Bonchev–Trinajstić information content (AvgIpc) is 2.89. The molecular weight excluding hydrogens is 246 g/mol. The van der Waals surface area contributed by atoms with E-state index in [4.69, 9.17) is 9.52 Å². The van der Waals surface area contributed by atoms with Gasteiger partial charge in [-0.1, -0.05) is 13.3 Å². The Bertz CT molecular complexity index is 464. The van der Waals surface area contributed by atoms with Crippen molar-refractivity contribution in [2.75, 3.05) is 6.54 Å². The van der Waals surface area contributed by atoms with Crippen molar-refractivity contribution < 1.29 is 19.1 Å². The molecule has 2 rings (SSSR count). The van der Waals surface area contributed by atoms with Gasteiger partial charge in [-0.05, 0) is 25.7 Å². The standard InChI is InChI=1S/C14H19NO4/c1-2-5-11-6-3-4-7-15(11)13(16)12-8-10(9-19-12)14(17)18/h8-9,11H,2-7H2,1H3,(H,17,18). The van der Waals surface area contributed by atoms with Crippen LogP contribution in [0.5, 0.6) is 0 Å². The minimum Gasteiger partial charge on any atom is -0.478 e. The maximum absolute atomic E-state index is 12.4. The summed E-state index contributed by atoms with van der Waals surface area (Å²) in [4.78, 5) is 25.0. The third-order valence-electron chi connectivity index (χ3n) is 3.57. The molecule has 0 aliphatic carbocycles. The Labute approximate surface area is 112 Å². The number of hydrogen-bond donors (Lipinski definition) is 1. The molecule has 1 unspecified atom stereocenters. The van der Waals surface area contributed by atoms with Gasteiger partial charge in [0.2, 0.25) is 0 Å². The first kappa shape index (κ1) is 13.6. The van der Waals surface area contributed by atoms with Crippen molar-refractivity contribution in [2.45, 2.75) is 45.1 Å². The fraction of sp³-hybridized carbons (Fsp3) is 0.571. The molecule has 1 amide bonds. The monoisotopic (exact) mass is 265 g/mol. The van der Waals surface area contributed by atoms with Crippen LogP contribution in [0, 0.1) is 0 Å². The molecule has 0 saturated carbocycles. The summed E-state index contributed by atoms with van der Waals surface area (Å²) < 4.78 is 5.10. The van der Waals surface area contributed by atoms with E-state index < -0.39 is 5.97 Å². The molecule has 1 aromatic rings. The lowest BCUT2D eigenvalue weighted by Gasteiger charge is -2.35. The summed E-state index contributed by atoms with van der Waals surface area (Å²) in [6.07, 6.45) is 6.30. The zero-order chi connectivity index (χ0) is 13.8. The highest BCUT2D eigenvalue weighted by Gasteiger charge is 2.28. The summed E-state index contributed by atoms with van der Waals surface area (Å²) in [6, 6.07) is 1.56. The fourth-order valence-corrected chi connectivity index (χ4v) is 2.60. The van der Waals surface area contributed by atoms with E-state index in [0.717, 1.165) is 44.9 Å². The average molecular weight is 265 g/mol. The van der Waals surface area contributed by atoms with Crippen LogP contribution in [0.1, 0.15) is 59.9 Å². The molecule has 1 atom stereocenters. The number of carbonyl (C=O) groups excluding carboxylic acids is 1. The molecule has 2 heterocycles. The van der Waals surface area contributed by atoms with Gasteiger partial charge in [-0.15, -0.1) is 0 Å². The van der Waals surface area contributed by atoms with Gasteiger partial charge >= 0.3 is 5.97 Å². The van der Waals surface area contributed by atoms with Gasteiger partial charge in [0.1, 0.15) is 6.26 Å².